The quantitative estimate of drug-likeness (QED) is 0.464. The average Bonchev–Trinajstić information content (AvgIpc) is 2.46. The summed E-state index contributed by atoms with van der Waals surface area (Å²) in [6.45, 7) is 16.1. The van der Waals surface area contributed by atoms with Gasteiger partial charge < -0.3 is 14.9 Å². The monoisotopic (exact) mass is 355 g/mol. The number of β-amino-alcohol motifs (C(OH)–C–C–N with tert-alkyl or cyclic N) is 1. The minimum atomic E-state index is -0.905. The highest BCUT2D eigenvalue weighted by Gasteiger charge is 2.45. The van der Waals surface area contributed by atoms with Crippen LogP contribution in [0.25, 0.3) is 0 Å². The van der Waals surface area contributed by atoms with Crippen LogP contribution >= 0.6 is 0 Å². The van der Waals surface area contributed by atoms with Crippen LogP contribution in [0, 0.1) is 5.92 Å². The van der Waals surface area contributed by atoms with Crippen LogP contribution in [0.15, 0.2) is 12.2 Å². The molecule has 0 bridgehead atoms. The smallest absolute Gasteiger partial charge is 0.330 e. The molecule has 1 aliphatic heterocycles. The molecule has 1 unspecified atom stereocenters. The maximum absolute atomic E-state index is 11.1. The number of nitrogens with zero attached hydrogens (tertiary/aromatic N) is 1. The highest BCUT2D eigenvalue weighted by molar-refractivity contribution is 5.85. The molecule has 0 aromatic carbocycles. The molecule has 0 saturated carbocycles. The van der Waals surface area contributed by atoms with Crippen molar-refractivity contribution < 1.29 is 19.7 Å². The summed E-state index contributed by atoms with van der Waals surface area (Å²) in [7, 11) is 0. The Morgan fingerprint density at radius 3 is 2.32 bits per heavy atom. The first-order chi connectivity index (χ1) is 11.5. The second kappa shape index (κ2) is 9.15. The number of aliphatic hydroxyl groups is 1. The summed E-state index contributed by atoms with van der Waals surface area (Å²) in [5, 5.41) is 19.5. The Balaban J connectivity index is 2.69. The number of likely N-dealkylation sites (tertiary alicyclic amines) is 1. The summed E-state index contributed by atoms with van der Waals surface area (Å²) < 4.78 is 5.56. The molecule has 0 radical (unpaired) electrons. The number of hydrogen-bond donors (Lipinski definition) is 2. The maximum atomic E-state index is 11.1. The molecule has 2 N–H and O–H groups in total. The minimum Gasteiger partial charge on any atom is -0.478 e. The topological polar surface area (TPSA) is 70.0 Å². The molecule has 1 heterocycles. The van der Waals surface area contributed by atoms with Gasteiger partial charge in [0.2, 0.25) is 0 Å². The number of piperidine rings is 1. The van der Waals surface area contributed by atoms with Crippen molar-refractivity contribution >= 4 is 5.97 Å². The van der Waals surface area contributed by atoms with Gasteiger partial charge in [0.15, 0.2) is 0 Å². The summed E-state index contributed by atoms with van der Waals surface area (Å²) in [4.78, 5) is 13.5. The molecule has 5 heteroatoms. The zero-order chi connectivity index (χ0) is 19.3. The lowest BCUT2D eigenvalue weighted by atomic mass is 9.71. The molecule has 146 valence electrons. The lowest BCUT2D eigenvalue weighted by Crippen LogP contribution is -2.62. The van der Waals surface area contributed by atoms with Gasteiger partial charge in [-0.25, -0.2) is 4.79 Å². The molecule has 1 fully saturated rings. The van der Waals surface area contributed by atoms with E-state index >= 15 is 0 Å². The van der Waals surface area contributed by atoms with Gasteiger partial charge in [0.05, 0.1) is 12.7 Å². The minimum absolute atomic E-state index is 0.115. The number of carbonyl (C=O) groups is 1. The van der Waals surface area contributed by atoms with Crippen molar-refractivity contribution in [3.8, 4) is 0 Å². The molecule has 0 aromatic heterocycles. The van der Waals surface area contributed by atoms with Crippen molar-refractivity contribution in [1.82, 2.24) is 4.90 Å². The van der Waals surface area contributed by atoms with Gasteiger partial charge in [-0.3, -0.25) is 4.90 Å². The van der Waals surface area contributed by atoms with E-state index in [0.29, 0.717) is 32.1 Å². The molecular weight excluding hydrogens is 318 g/mol. The van der Waals surface area contributed by atoms with E-state index in [1.807, 2.05) is 0 Å². The first kappa shape index (κ1) is 22.1. The second-order valence-electron chi connectivity index (χ2n) is 8.70. The number of carboxylic acids is 1. The van der Waals surface area contributed by atoms with Gasteiger partial charge >= 0.3 is 5.97 Å². The van der Waals surface area contributed by atoms with Crippen molar-refractivity contribution in [3.05, 3.63) is 12.2 Å². The van der Waals surface area contributed by atoms with Gasteiger partial charge in [0.25, 0.3) is 0 Å². The first-order valence-corrected chi connectivity index (χ1v) is 9.44. The van der Waals surface area contributed by atoms with Gasteiger partial charge in [-0.2, -0.15) is 0 Å². The van der Waals surface area contributed by atoms with E-state index in [9.17, 15) is 9.90 Å². The van der Waals surface area contributed by atoms with Crippen LogP contribution in [-0.4, -0.2) is 58.0 Å². The van der Waals surface area contributed by atoms with Crippen LogP contribution in [0.1, 0.15) is 66.7 Å². The zero-order valence-corrected chi connectivity index (χ0v) is 16.7. The fourth-order valence-corrected chi connectivity index (χ4v) is 4.33. The maximum Gasteiger partial charge on any atom is 0.330 e. The molecule has 0 spiro atoms. The van der Waals surface area contributed by atoms with Crippen LogP contribution < -0.4 is 0 Å². The molecule has 25 heavy (non-hydrogen) atoms. The van der Waals surface area contributed by atoms with Gasteiger partial charge in [-0.1, -0.05) is 19.9 Å². The summed E-state index contributed by atoms with van der Waals surface area (Å²) in [6.07, 6.45) is 3.91. The number of carboxylic acid groups (broad SMARTS) is 1. The van der Waals surface area contributed by atoms with E-state index in [0.717, 1.165) is 25.7 Å². The van der Waals surface area contributed by atoms with Crippen LogP contribution in [-0.2, 0) is 9.53 Å². The van der Waals surface area contributed by atoms with Gasteiger partial charge in [-0.05, 0) is 59.3 Å². The van der Waals surface area contributed by atoms with Crippen LogP contribution in [0.2, 0.25) is 0 Å². The van der Waals surface area contributed by atoms with E-state index in [-0.39, 0.29) is 16.7 Å². The Hall–Kier alpha value is -0.910. The summed E-state index contributed by atoms with van der Waals surface area (Å²) >= 11 is 0. The summed E-state index contributed by atoms with van der Waals surface area (Å²) in [5.74, 6) is -0.611. The molecule has 1 rings (SSSR count). The van der Waals surface area contributed by atoms with Crippen LogP contribution in [0.3, 0.4) is 0 Å². The van der Waals surface area contributed by atoms with E-state index < -0.39 is 12.1 Å². The number of hydrogen-bond acceptors (Lipinski definition) is 4. The third-order valence-electron chi connectivity index (χ3n) is 5.22. The highest BCUT2D eigenvalue weighted by Crippen LogP contribution is 2.43. The summed E-state index contributed by atoms with van der Waals surface area (Å²) in [6, 6.07) is 0. The number of unbranched alkanes of at least 4 members (excludes halogenated alkanes) is 1. The SMILES string of the molecule is C=C(CC1CC(C)(C)N(CC(O)COCCCC)C(C)(C)C1)C(=O)O. The predicted octanol–water partition coefficient (Wildman–Crippen LogP) is 3.46. The molecule has 1 aliphatic rings. The number of rotatable bonds is 10. The number of aliphatic carboxylic acids is 1. The van der Waals surface area contributed by atoms with Crippen molar-refractivity contribution in [3.63, 3.8) is 0 Å². The first-order valence-electron chi connectivity index (χ1n) is 9.44. The molecular formula is C20H37NO4. The molecule has 0 aliphatic carbocycles. The van der Waals surface area contributed by atoms with Crippen molar-refractivity contribution in [2.24, 2.45) is 5.92 Å². The predicted molar refractivity (Wildman–Crippen MR) is 101 cm³/mol. The second-order valence-corrected chi connectivity index (χ2v) is 8.70. The number of ether oxygens (including phenoxy) is 1. The Kier molecular flexibility index (Phi) is 8.10. The third kappa shape index (κ3) is 6.72. The Bertz CT molecular complexity index is 441. The van der Waals surface area contributed by atoms with Crippen molar-refractivity contribution in [2.45, 2.75) is 83.9 Å². The van der Waals surface area contributed by atoms with Gasteiger partial charge in [0, 0.05) is 29.8 Å². The average molecular weight is 356 g/mol. The van der Waals surface area contributed by atoms with E-state index in [1.54, 1.807) is 0 Å². The zero-order valence-electron chi connectivity index (χ0n) is 16.7. The lowest BCUT2D eigenvalue weighted by Gasteiger charge is -2.56. The fraction of sp³-hybridized carbons (Fsp3) is 0.850. The lowest BCUT2D eigenvalue weighted by molar-refractivity contribution is -0.133. The van der Waals surface area contributed by atoms with Crippen molar-refractivity contribution in [1.29, 1.82) is 0 Å². The Morgan fingerprint density at radius 1 is 1.28 bits per heavy atom. The molecule has 5 nitrogen and oxygen atoms in total. The molecule has 0 amide bonds. The Labute approximate surface area is 153 Å². The third-order valence-corrected chi connectivity index (χ3v) is 5.22. The largest absolute Gasteiger partial charge is 0.478 e. The van der Waals surface area contributed by atoms with Gasteiger partial charge in [-0.15, -0.1) is 0 Å². The molecule has 0 aromatic rings. The van der Waals surface area contributed by atoms with E-state index in [2.05, 4.69) is 46.1 Å². The molecule has 1 saturated heterocycles. The standard InChI is InChI=1S/C20H37NO4/c1-7-8-9-25-14-17(22)13-21-19(3,4)11-16(12-20(21,5)6)10-15(2)18(23)24/h16-17,22H,2,7-14H2,1,3-6H3,(H,23,24). The number of aliphatic hydroxyl groups excluding tert-OH is 1. The fourth-order valence-electron chi connectivity index (χ4n) is 4.33. The van der Waals surface area contributed by atoms with Crippen molar-refractivity contribution in [2.75, 3.05) is 19.8 Å². The van der Waals surface area contributed by atoms with Gasteiger partial charge in [0.1, 0.15) is 0 Å². The molecule has 1 atom stereocenters. The van der Waals surface area contributed by atoms with E-state index in [1.165, 1.54) is 0 Å². The van der Waals surface area contributed by atoms with Crippen LogP contribution in [0.4, 0.5) is 0 Å². The van der Waals surface area contributed by atoms with E-state index in [4.69, 9.17) is 9.84 Å². The highest BCUT2D eigenvalue weighted by atomic mass is 16.5. The Morgan fingerprint density at radius 2 is 1.84 bits per heavy atom. The van der Waals surface area contributed by atoms with Crippen LogP contribution in [0.5, 0.6) is 0 Å². The summed E-state index contributed by atoms with van der Waals surface area (Å²) in [5.41, 5.74) is 0.0555. The normalized spacial score (nSPS) is 21.8.